The number of rotatable bonds is 8. The summed E-state index contributed by atoms with van der Waals surface area (Å²) >= 11 is 0. The molecule has 0 bridgehead atoms. The van der Waals surface area contributed by atoms with E-state index in [0.717, 1.165) is 39.9 Å². The Kier molecular flexibility index (Phi) is 6.07. The molecule has 0 saturated carbocycles. The van der Waals surface area contributed by atoms with Gasteiger partial charge in [-0.3, -0.25) is 4.79 Å². The molecule has 3 N–H and O–H groups in total. The number of amides is 1. The molecule has 28 heavy (non-hydrogen) atoms. The quantitative estimate of drug-likeness (QED) is 0.589. The lowest BCUT2D eigenvalue weighted by atomic mass is 10.0. The summed E-state index contributed by atoms with van der Waals surface area (Å²) in [5.74, 6) is 3.64. The Morgan fingerprint density at radius 2 is 2.14 bits per heavy atom. The van der Waals surface area contributed by atoms with Crippen molar-refractivity contribution in [2.45, 2.75) is 26.2 Å². The lowest BCUT2D eigenvalue weighted by Gasteiger charge is -2.14. The molecule has 1 heterocycles. The van der Waals surface area contributed by atoms with Crippen LogP contribution in [0.5, 0.6) is 5.75 Å². The van der Waals surface area contributed by atoms with Crippen LogP contribution in [0.2, 0.25) is 0 Å². The first-order valence-corrected chi connectivity index (χ1v) is 9.13. The summed E-state index contributed by atoms with van der Waals surface area (Å²) in [4.78, 5) is 20.0. The van der Waals surface area contributed by atoms with Crippen molar-refractivity contribution in [3.05, 3.63) is 53.9 Å². The maximum absolute atomic E-state index is 11.3. The second-order valence-corrected chi connectivity index (χ2v) is 6.36. The van der Waals surface area contributed by atoms with Gasteiger partial charge in [-0.25, -0.2) is 9.97 Å². The molecule has 142 valence electrons. The normalized spacial score (nSPS) is 10.4. The van der Waals surface area contributed by atoms with Crippen molar-refractivity contribution >= 4 is 28.3 Å². The maximum atomic E-state index is 11.3. The number of ether oxygens (including phenoxy) is 1. The molecular formula is C22H22N4O2. The van der Waals surface area contributed by atoms with E-state index >= 15 is 0 Å². The van der Waals surface area contributed by atoms with Crippen LogP contribution >= 0.6 is 0 Å². The Morgan fingerprint density at radius 3 is 2.89 bits per heavy atom. The number of primary amides is 1. The van der Waals surface area contributed by atoms with Gasteiger partial charge in [0.05, 0.1) is 12.1 Å². The Labute approximate surface area is 164 Å². The lowest BCUT2D eigenvalue weighted by Crippen LogP contribution is -2.12. The van der Waals surface area contributed by atoms with E-state index in [9.17, 15) is 4.79 Å². The van der Waals surface area contributed by atoms with Gasteiger partial charge in [0.1, 0.15) is 17.9 Å². The van der Waals surface area contributed by atoms with Gasteiger partial charge in [0.15, 0.2) is 0 Å². The highest BCUT2D eigenvalue weighted by molar-refractivity contribution is 5.92. The second kappa shape index (κ2) is 8.87. The third-order valence-corrected chi connectivity index (χ3v) is 4.21. The highest BCUT2D eigenvalue weighted by atomic mass is 16.5. The van der Waals surface area contributed by atoms with Gasteiger partial charge >= 0.3 is 0 Å². The molecule has 1 aromatic heterocycles. The van der Waals surface area contributed by atoms with E-state index in [0.29, 0.717) is 18.8 Å². The van der Waals surface area contributed by atoms with E-state index in [2.05, 4.69) is 21.2 Å². The fourth-order valence-corrected chi connectivity index (χ4v) is 2.85. The van der Waals surface area contributed by atoms with Crippen LogP contribution in [0.1, 0.15) is 30.9 Å². The van der Waals surface area contributed by atoms with Crippen molar-refractivity contribution in [3.63, 3.8) is 0 Å². The number of hydrogen-bond donors (Lipinski definition) is 2. The largest absolute Gasteiger partial charge is 0.493 e. The molecule has 6 heteroatoms. The summed E-state index contributed by atoms with van der Waals surface area (Å²) in [5, 5.41) is 4.13. The maximum Gasteiger partial charge on any atom is 0.217 e. The van der Waals surface area contributed by atoms with E-state index in [4.69, 9.17) is 16.9 Å². The number of fused-ring (bicyclic) bond motifs is 1. The number of carbonyl (C=O) groups excluding carboxylic acids is 1. The number of nitrogens with one attached hydrogen (secondary N) is 1. The van der Waals surface area contributed by atoms with Gasteiger partial charge < -0.3 is 15.8 Å². The van der Waals surface area contributed by atoms with Crippen LogP contribution in [0.15, 0.2) is 42.7 Å². The van der Waals surface area contributed by atoms with Crippen LogP contribution in [-0.4, -0.2) is 22.5 Å². The van der Waals surface area contributed by atoms with Gasteiger partial charge in [-0.1, -0.05) is 18.9 Å². The first-order chi connectivity index (χ1) is 13.6. The fraction of sp³-hybridized carbons (Fsp3) is 0.227. The first kappa shape index (κ1) is 19.2. The Morgan fingerprint density at radius 1 is 1.29 bits per heavy atom. The average molecular weight is 374 g/mol. The molecule has 0 spiro atoms. The third-order valence-electron chi connectivity index (χ3n) is 4.21. The molecule has 3 aromatic rings. The number of aromatic nitrogens is 2. The zero-order valence-electron chi connectivity index (χ0n) is 15.7. The second-order valence-electron chi connectivity index (χ2n) is 6.36. The predicted octanol–water partition coefficient (Wildman–Crippen LogP) is 3.56. The number of hydrogen-bond acceptors (Lipinski definition) is 5. The predicted molar refractivity (Wildman–Crippen MR) is 110 cm³/mol. The number of terminal acetylenes is 1. The summed E-state index contributed by atoms with van der Waals surface area (Å²) in [6, 6.07) is 11.4. The SMILES string of the molecule is C#Cc1cccc(Nc2ncnc3cc(OCCC)c(CCC(N)=O)cc23)c1. The molecule has 0 unspecified atom stereocenters. The van der Waals surface area contributed by atoms with Gasteiger partial charge in [0.25, 0.3) is 0 Å². The smallest absolute Gasteiger partial charge is 0.217 e. The van der Waals surface area contributed by atoms with Crippen LogP contribution in [0, 0.1) is 12.3 Å². The molecule has 0 radical (unpaired) electrons. The number of benzene rings is 2. The van der Waals surface area contributed by atoms with Gasteiger partial charge in [0, 0.05) is 29.1 Å². The fourth-order valence-electron chi connectivity index (χ4n) is 2.85. The molecule has 0 aliphatic carbocycles. The molecular weight excluding hydrogens is 352 g/mol. The van der Waals surface area contributed by atoms with Crippen LogP contribution in [0.25, 0.3) is 10.9 Å². The minimum absolute atomic E-state index is 0.245. The average Bonchev–Trinajstić information content (AvgIpc) is 2.70. The molecule has 6 nitrogen and oxygen atoms in total. The van der Waals surface area contributed by atoms with E-state index in [-0.39, 0.29) is 12.3 Å². The standard InChI is InChI=1S/C22H22N4O2/c1-3-10-28-20-13-19-18(12-16(20)8-9-21(23)27)22(25-14-24-19)26-17-7-5-6-15(4-2)11-17/h2,5-7,11-14H,3,8-10H2,1H3,(H2,23,27)(H,24,25,26). The minimum Gasteiger partial charge on any atom is -0.493 e. The van der Waals surface area contributed by atoms with E-state index in [1.807, 2.05) is 43.3 Å². The van der Waals surface area contributed by atoms with E-state index in [1.54, 1.807) is 0 Å². The number of nitrogens with zero attached hydrogens (tertiary/aromatic N) is 2. The highest BCUT2D eigenvalue weighted by Crippen LogP contribution is 2.31. The topological polar surface area (TPSA) is 90.1 Å². The van der Waals surface area contributed by atoms with Crippen molar-refractivity contribution in [3.8, 4) is 18.1 Å². The zero-order chi connectivity index (χ0) is 19.9. The summed E-state index contributed by atoms with van der Waals surface area (Å²) in [6.45, 7) is 2.63. The number of anilines is 2. The van der Waals surface area contributed by atoms with Crippen molar-refractivity contribution in [1.82, 2.24) is 9.97 Å². The van der Waals surface area contributed by atoms with Crippen molar-refractivity contribution in [2.24, 2.45) is 5.73 Å². The molecule has 0 fully saturated rings. The van der Waals surface area contributed by atoms with Gasteiger partial charge in [-0.2, -0.15) is 0 Å². The van der Waals surface area contributed by atoms with Crippen LogP contribution < -0.4 is 15.8 Å². The van der Waals surface area contributed by atoms with Crippen molar-refractivity contribution < 1.29 is 9.53 Å². The zero-order valence-corrected chi connectivity index (χ0v) is 15.7. The van der Waals surface area contributed by atoms with Gasteiger partial charge in [0.2, 0.25) is 5.91 Å². The van der Waals surface area contributed by atoms with Crippen molar-refractivity contribution in [2.75, 3.05) is 11.9 Å². The van der Waals surface area contributed by atoms with Gasteiger partial charge in [-0.15, -0.1) is 6.42 Å². The Hall–Kier alpha value is -3.59. The number of nitrogens with two attached hydrogens (primary N) is 1. The summed E-state index contributed by atoms with van der Waals surface area (Å²) < 4.78 is 5.86. The highest BCUT2D eigenvalue weighted by Gasteiger charge is 2.12. The summed E-state index contributed by atoms with van der Waals surface area (Å²) in [5.41, 5.74) is 8.59. The molecule has 1 amide bonds. The lowest BCUT2D eigenvalue weighted by molar-refractivity contribution is -0.117. The van der Waals surface area contributed by atoms with Crippen LogP contribution in [0.4, 0.5) is 11.5 Å². The van der Waals surface area contributed by atoms with Crippen molar-refractivity contribution in [1.29, 1.82) is 0 Å². The van der Waals surface area contributed by atoms with E-state index in [1.165, 1.54) is 6.33 Å². The molecule has 0 aliphatic heterocycles. The molecule has 0 aliphatic rings. The molecule has 0 saturated heterocycles. The first-order valence-electron chi connectivity index (χ1n) is 9.13. The molecule has 0 atom stereocenters. The van der Waals surface area contributed by atoms with E-state index < -0.39 is 0 Å². The number of carbonyl (C=O) groups is 1. The molecule has 2 aromatic carbocycles. The monoisotopic (exact) mass is 374 g/mol. The summed E-state index contributed by atoms with van der Waals surface area (Å²) in [6.07, 6.45) is 8.60. The Bertz CT molecular complexity index is 1040. The van der Waals surface area contributed by atoms with Gasteiger partial charge in [-0.05, 0) is 42.7 Å². The van der Waals surface area contributed by atoms with Crippen LogP contribution in [0.3, 0.4) is 0 Å². The molecule has 3 rings (SSSR count). The minimum atomic E-state index is -0.352. The Balaban J connectivity index is 2.02. The number of aryl methyl sites for hydroxylation is 1. The van der Waals surface area contributed by atoms with Crippen LogP contribution in [-0.2, 0) is 11.2 Å². The summed E-state index contributed by atoms with van der Waals surface area (Å²) in [7, 11) is 0. The third kappa shape index (κ3) is 4.57.